The number of halogens is 2. The number of likely N-dealkylation sites (N-methyl/N-ethyl adjacent to an activating group) is 1. The van der Waals surface area contributed by atoms with Crippen molar-refractivity contribution in [2.45, 2.75) is 63.1 Å². The minimum absolute atomic E-state index is 0.267. The van der Waals surface area contributed by atoms with Crippen LogP contribution in [0.2, 0.25) is 0 Å². The van der Waals surface area contributed by atoms with Gasteiger partial charge in [0.15, 0.2) is 0 Å². The van der Waals surface area contributed by atoms with E-state index < -0.39 is 24.4 Å². The van der Waals surface area contributed by atoms with Gasteiger partial charge in [-0.15, -0.1) is 0 Å². The Morgan fingerprint density at radius 3 is 2.47 bits per heavy atom. The van der Waals surface area contributed by atoms with Gasteiger partial charge in [-0.25, -0.2) is 4.79 Å². The number of carbonyl (C=O) groups is 1. The molecule has 110 valence electrons. The SMILES string of the molecule is CCN(CC1CC(F)(F)C(=O)O1)C1CCC(N)CC1. The molecule has 0 aromatic rings. The molecule has 0 aromatic heterocycles. The van der Waals surface area contributed by atoms with Gasteiger partial charge in [-0.3, -0.25) is 4.90 Å². The number of rotatable bonds is 4. The molecule has 2 aliphatic rings. The predicted octanol–water partition coefficient (Wildman–Crippen LogP) is 1.53. The molecule has 1 aliphatic carbocycles. The Morgan fingerprint density at radius 2 is 2.00 bits per heavy atom. The van der Waals surface area contributed by atoms with E-state index in [2.05, 4.69) is 4.90 Å². The summed E-state index contributed by atoms with van der Waals surface area (Å²) in [4.78, 5) is 13.1. The molecule has 1 atom stereocenters. The zero-order valence-corrected chi connectivity index (χ0v) is 11.3. The first kappa shape index (κ1) is 14.7. The molecule has 1 heterocycles. The van der Waals surface area contributed by atoms with Crippen molar-refractivity contribution in [3.05, 3.63) is 0 Å². The van der Waals surface area contributed by atoms with Crippen LogP contribution in [0.4, 0.5) is 8.78 Å². The van der Waals surface area contributed by atoms with Gasteiger partial charge in [0, 0.05) is 18.6 Å². The van der Waals surface area contributed by atoms with Crippen LogP contribution < -0.4 is 5.73 Å². The number of hydrogen-bond donors (Lipinski definition) is 1. The quantitative estimate of drug-likeness (QED) is 0.791. The van der Waals surface area contributed by atoms with Crippen LogP contribution in [0.3, 0.4) is 0 Å². The van der Waals surface area contributed by atoms with Crippen molar-refractivity contribution in [3.63, 3.8) is 0 Å². The zero-order valence-electron chi connectivity index (χ0n) is 11.3. The van der Waals surface area contributed by atoms with E-state index in [0.717, 1.165) is 32.2 Å². The van der Waals surface area contributed by atoms with Gasteiger partial charge in [0.2, 0.25) is 0 Å². The van der Waals surface area contributed by atoms with Crippen molar-refractivity contribution in [1.29, 1.82) is 0 Å². The Balaban J connectivity index is 1.88. The summed E-state index contributed by atoms with van der Waals surface area (Å²) in [6.07, 6.45) is 2.76. The second-order valence-corrected chi connectivity index (χ2v) is 5.59. The summed E-state index contributed by atoms with van der Waals surface area (Å²) >= 11 is 0. The van der Waals surface area contributed by atoms with Crippen molar-refractivity contribution in [2.24, 2.45) is 5.73 Å². The largest absolute Gasteiger partial charge is 0.456 e. The van der Waals surface area contributed by atoms with Crippen LogP contribution in [0.5, 0.6) is 0 Å². The summed E-state index contributed by atoms with van der Waals surface area (Å²) in [7, 11) is 0. The third kappa shape index (κ3) is 3.42. The summed E-state index contributed by atoms with van der Waals surface area (Å²) < 4.78 is 31.0. The number of cyclic esters (lactones) is 1. The average molecular weight is 276 g/mol. The molecule has 2 rings (SSSR count). The lowest BCUT2D eigenvalue weighted by atomic mass is 9.90. The minimum Gasteiger partial charge on any atom is -0.456 e. The molecular weight excluding hydrogens is 254 g/mol. The molecule has 1 saturated carbocycles. The van der Waals surface area contributed by atoms with Crippen LogP contribution in [0.15, 0.2) is 0 Å². The summed E-state index contributed by atoms with van der Waals surface area (Å²) in [5.41, 5.74) is 5.87. The molecule has 1 aliphatic heterocycles. The number of carbonyl (C=O) groups excluding carboxylic acids is 1. The number of alkyl halides is 2. The molecule has 0 radical (unpaired) electrons. The fraction of sp³-hybridized carbons (Fsp3) is 0.923. The maximum absolute atomic E-state index is 13.1. The van der Waals surface area contributed by atoms with E-state index in [1.165, 1.54) is 0 Å². The number of ether oxygens (including phenoxy) is 1. The lowest BCUT2D eigenvalue weighted by molar-refractivity contribution is -0.159. The highest BCUT2D eigenvalue weighted by Crippen LogP contribution is 2.32. The van der Waals surface area contributed by atoms with Gasteiger partial charge in [-0.1, -0.05) is 6.92 Å². The lowest BCUT2D eigenvalue weighted by Gasteiger charge is -2.36. The summed E-state index contributed by atoms with van der Waals surface area (Å²) in [6, 6.07) is 0.640. The van der Waals surface area contributed by atoms with Crippen LogP contribution in [-0.2, 0) is 9.53 Å². The fourth-order valence-electron chi connectivity index (χ4n) is 3.02. The number of nitrogens with two attached hydrogens (primary N) is 1. The molecule has 2 fully saturated rings. The van der Waals surface area contributed by atoms with E-state index in [0.29, 0.717) is 12.6 Å². The van der Waals surface area contributed by atoms with Crippen LogP contribution in [0, 0.1) is 0 Å². The van der Waals surface area contributed by atoms with E-state index in [9.17, 15) is 13.6 Å². The third-order valence-corrected chi connectivity index (χ3v) is 4.16. The molecule has 0 aromatic carbocycles. The Hall–Kier alpha value is -0.750. The highest BCUT2D eigenvalue weighted by molar-refractivity contribution is 5.79. The highest BCUT2D eigenvalue weighted by Gasteiger charge is 2.51. The highest BCUT2D eigenvalue weighted by atomic mass is 19.3. The fourth-order valence-corrected chi connectivity index (χ4v) is 3.02. The van der Waals surface area contributed by atoms with Gasteiger partial charge >= 0.3 is 11.9 Å². The summed E-state index contributed by atoms with van der Waals surface area (Å²) in [6.45, 7) is 3.18. The lowest BCUT2D eigenvalue weighted by Crippen LogP contribution is -2.44. The zero-order chi connectivity index (χ0) is 14.0. The Bertz CT molecular complexity index is 331. The monoisotopic (exact) mass is 276 g/mol. The van der Waals surface area contributed by atoms with E-state index in [1.54, 1.807) is 0 Å². The van der Waals surface area contributed by atoms with Crippen molar-refractivity contribution < 1.29 is 18.3 Å². The normalized spacial score (nSPS) is 34.6. The van der Waals surface area contributed by atoms with Gasteiger partial charge in [0.25, 0.3) is 0 Å². The molecule has 0 bridgehead atoms. The third-order valence-electron chi connectivity index (χ3n) is 4.16. The molecule has 1 unspecified atom stereocenters. The van der Waals surface area contributed by atoms with Crippen LogP contribution in [0.1, 0.15) is 39.0 Å². The Kier molecular flexibility index (Phi) is 4.40. The van der Waals surface area contributed by atoms with Crippen molar-refractivity contribution >= 4 is 5.97 Å². The maximum atomic E-state index is 13.1. The minimum atomic E-state index is -3.31. The number of nitrogens with zero attached hydrogens (tertiary/aromatic N) is 1. The smallest absolute Gasteiger partial charge is 0.377 e. The molecule has 0 amide bonds. The summed E-state index contributed by atoms with van der Waals surface area (Å²) in [5.74, 6) is -4.68. The van der Waals surface area contributed by atoms with Gasteiger partial charge in [0.05, 0.1) is 6.42 Å². The van der Waals surface area contributed by atoms with E-state index >= 15 is 0 Å². The predicted molar refractivity (Wildman–Crippen MR) is 66.9 cm³/mol. The van der Waals surface area contributed by atoms with E-state index in [-0.39, 0.29) is 6.04 Å². The molecule has 19 heavy (non-hydrogen) atoms. The molecular formula is C13H22F2N2O2. The van der Waals surface area contributed by atoms with Crippen molar-refractivity contribution in [2.75, 3.05) is 13.1 Å². The average Bonchev–Trinajstić information content (AvgIpc) is 2.61. The van der Waals surface area contributed by atoms with Gasteiger partial charge in [-0.2, -0.15) is 8.78 Å². The van der Waals surface area contributed by atoms with Crippen LogP contribution in [0.25, 0.3) is 0 Å². The van der Waals surface area contributed by atoms with Crippen LogP contribution >= 0.6 is 0 Å². The van der Waals surface area contributed by atoms with E-state index in [4.69, 9.17) is 10.5 Å². The second kappa shape index (κ2) is 5.71. The van der Waals surface area contributed by atoms with Gasteiger partial charge < -0.3 is 10.5 Å². The van der Waals surface area contributed by atoms with E-state index in [1.807, 2.05) is 6.92 Å². The first-order valence-electron chi connectivity index (χ1n) is 7.01. The van der Waals surface area contributed by atoms with Crippen molar-refractivity contribution in [3.8, 4) is 0 Å². The first-order chi connectivity index (χ1) is 8.92. The standard InChI is InChI=1S/C13H22F2N2O2/c1-2-17(10-5-3-9(16)4-6-10)8-11-7-13(14,15)12(18)19-11/h9-11H,2-8,16H2,1H3. The number of esters is 1. The van der Waals surface area contributed by atoms with Crippen molar-refractivity contribution in [1.82, 2.24) is 4.90 Å². The molecule has 4 nitrogen and oxygen atoms in total. The molecule has 0 spiro atoms. The Labute approximate surface area is 112 Å². The van der Waals surface area contributed by atoms with Crippen LogP contribution in [-0.4, -0.2) is 48.1 Å². The Morgan fingerprint density at radius 1 is 1.37 bits per heavy atom. The molecule has 6 heteroatoms. The number of hydrogen-bond acceptors (Lipinski definition) is 4. The molecule has 1 saturated heterocycles. The summed E-state index contributed by atoms with van der Waals surface area (Å²) in [5, 5.41) is 0. The topological polar surface area (TPSA) is 55.6 Å². The maximum Gasteiger partial charge on any atom is 0.377 e. The second-order valence-electron chi connectivity index (χ2n) is 5.59. The van der Waals surface area contributed by atoms with Gasteiger partial charge in [0.1, 0.15) is 6.10 Å². The first-order valence-corrected chi connectivity index (χ1v) is 7.01. The molecule has 2 N–H and O–H groups in total. The van der Waals surface area contributed by atoms with Gasteiger partial charge in [-0.05, 0) is 32.2 Å².